The van der Waals surface area contributed by atoms with Crippen molar-refractivity contribution in [3.63, 3.8) is 0 Å². The number of amides is 1. The first kappa shape index (κ1) is 14.6. The first-order chi connectivity index (χ1) is 8.31. The number of hydrogen-bond donors (Lipinski definition) is 2. The van der Waals surface area contributed by atoms with E-state index in [-0.39, 0.29) is 6.54 Å². The number of rotatable bonds is 5. The van der Waals surface area contributed by atoms with Crippen molar-refractivity contribution >= 4 is 33.2 Å². The third-order valence-electron chi connectivity index (χ3n) is 1.90. The Labute approximate surface area is 110 Å². The van der Waals surface area contributed by atoms with E-state index in [1.165, 1.54) is 7.11 Å². The smallest absolute Gasteiger partial charge is 0.252 e. The van der Waals surface area contributed by atoms with Crippen LogP contribution >= 0.6 is 11.6 Å². The van der Waals surface area contributed by atoms with Crippen molar-refractivity contribution in [1.29, 1.82) is 0 Å². The van der Waals surface area contributed by atoms with Crippen LogP contribution in [0.5, 0.6) is 5.75 Å². The third-order valence-corrected chi connectivity index (χ3v) is 2.73. The minimum atomic E-state index is -3.55. The molecule has 2 N–H and O–H groups in total. The van der Waals surface area contributed by atoms with E-state index >= 15 is 0 Å². The molecule has 18 heavy (non-hydrogen) atoms. The largest absolute Gasteiger partial charge is 0.495 e. The average Bonchev–Trinajstić information content (AvgIpc) is 2.24. The summed E-state index contributed by atoms with van der Waals surface area (Å²) in [6.07, 6.45) is 0.908. The number of anilines is 1. The SMILES string of the molecule is COc1ccc(Cl)cc1NCC(=O)NS(C)(=O)=O. The van der Waals surface area contributed by atoms with Crippen LogP contribution in [-0.4, -0.2) is 34.2 Å². The summed E-state index contributed by atoms with van der Waals surface area (Å²) in [7, 11) is -2.07. The van der Waals surface area contributed by atoms with Gasteiger partial charge in [0, 0.05) is 5.02 Å². The Morgan fingerprint density at radius 1 is 1.44 bits per heavy atom. The van der Waals surface area contributed by atoms with Gasteiger partial charge in [0.2, 0.25) is 10.0 Å². The molecule has 0 spiro atoms. The maximum Gasteiger partial charge on any atom is 0.252 e. The van der Waals surface area contributed by atoms with Gasteiger partial charge in [-0.05, 0) is 18.2 Å². The number of ether oxygens (including phenoxy) is 1. The summed E-state index contributed by atoms with van der Waals surface area (Å²) >= 11 is 5.80. The molecule has 1 aromatic carbocycles. The summed E-state index contributed by atoms with van der Waals surface area (Å²) in [5, 5.41) is 3.22. The fourth-order valence-electron chi connectivity index (χ4n) is 1.24. The highest BCUT2D eigenvalue weighted by Gasteiger charge is 2.09. The molecule has 1 amide bonds. The molecule has 0 aliphatic rings. The van der Waals surface area contributed by atoms with E-state index in [1.807, 2.05) is 4.72 Å². The van der Waals surface area contributed by atoms with Gasteiger partial charge in [0.05, 0.1) is 25.6 Å². The van der Waals surface area contributed by atoms with Gasteiger partial charge in [0.15, 0.2) is 0 Å². The summed E-state index contributed by atoms with van der Waals surface area (Å²) in [5.74, 6) is -0.161. The van der Waals surface area contributed by atoms with Crippen LogP contribution in [0.25, 0.3) is 0 Å². The molecule has 0 saturated carbocycles. The van der Waals surface area contributed by atoms with Crippen LogP contribution in [-0.2, 0) is 14.8 Å². The van der Waals surface area contributed by atoms with E-state index in [2.05, 4.69) is 5.32 Å². The lowest BCUT2D eigenvalue weighted by Gasteiger charge is -2.11. The predicted octanol–water partition coefficient (Wildman–Crippen LogP) is 0.836. The predicted molar refractivity (Wildman–Crippen MR) is 69.5 cm³/mol. The van der Waals surface area contributed by atoms with Gasteiger partial charge in [-0.3, -0.25) is 9.52 Å². The second kappa shape index (κ2) is 5.92. The van der Waals surface area contributed by atoms with E-state index in [9.17, 15) is 13.2 Å². The first-order valence-corrected chi connectivity index (χ1v) is 7.17. The van der Waals surface area contributed by atoms with Crippen LogP contribution < -0.4 is 14.8 Å². The normalized spacial score (nSPS) is 10.8. The van der Waals surface area contributed by atoms with Crippen LogP contribution in [0.4, 0.5) is 5.69 Å². The molecule has 0 atom stereocenters. The molecule has 0 aromatic heterocycles. The highest BCUT2D eigenvalue weighted by atomic mass is 35.5. The molecule has 0 radical (unpaired) electrons. The Morgan fingerprint density at radius 3 is 2.67 bits per heavy atom. The number of nitrogens with one attached hydrogen (secondary N) is 2. The van der Waals surface area contributed by atoms with Gasteiger partial charge in [-0.25, -0.2) is 8.42 Å². The van der Waals surface area contributed by atoms with Crippen molar-refractivity contribution in [1.82, 2.24) is 4.72 Å². The van der Waals surface area contributed by atoms with E-state index in [4.69, 9.17) is 16.3 Å². The molecule has 100 valence electrons. The molecule has 0 fully saturated rings. The Balaban J connectivity index is 2.68. The van der Waals surface area contributed by atoms with Crippen molar-refractivity contribution in [2.45, 2.75) is 0 Å². The molecule has 0 saturated heterocycles. The molecule has 6 nitrogen and oxygen atoms in total. The maximum absolute atomic E-state index is 11.3. The highest BCUT2D eigenvalue weighted by molar-refractivity contribution is 7.89. The Hall–Kier alpha value is -1.47. The zero-order valence-corrected chi connectivity index (χ0v) is 11.4. The Morgan fingerprint density at radius 2 is 2.11 bits per heavy atom. The topological polar surface area (TPSA) is 84.5 Å². The minimum Gasteiger partial charge on any atom is -0.495 e. The summed E-state index contributed by atoms with van der Waals surface area (Å²) in [6.45, 7) is -0.205. The molecule has 0 aliphatic carbocycles. The van der Waals surface area contributed by atoms with Gasteiger partial charge < -0.3 is 10.1 Å². The fraction of sp³-hybridized carbons (Fsp3) is 0.300. The molecule has 1 aromatic rings. The standard InChI is InChI=1S/C10H13ClN2O4S/c1-17-9-4-3-7(11)5-8(9)12-6-10(14)13-18(2,15)16/h3-5,12H,6H2,1-2H3,(H,13,14). The monoisotopic (exact) mass is 292 g/mol. The number of carbonyl (C=O) groups is 1. The van der Waals surface area contributed by atoms with Crippen molar-refractivity contribution in [3.05, 3.63) is 23.2 Å². The number of hydrogen-bond acceptors (Lipinski definition) is 5. The van der Waals surface area contributed by atoms with Gasteiger partial charge in [0.1, 0.15) is 5.75 Å². The van der Waals surface area contributed by atoms with Crippen LogP contribution in [0, 0.1) is 0 Å². The number of methoxy groups -OCH3 is 1. The molecular formula is C10H13ClN2O4S. The molecule has 0 aliphatic heterocycles. The summed E-state index contributed by atoms with van der Waals surface area (Å²) < 4.78 is 28.6. The highest BCUT2D eigenvalue weighted by Crippen LogP contribution is 2.27. The van der Waals surface area contributed by atoms with Gasteiger partial charge in [-0.15, -0.1) is 0 Å². The molecule has 1 rings (SSSR count). The van der Waals surface area contributed by atoms with Crippen molar-refractivity contribution in [3.8, 4) is 5.75 Å². The van der Waals surface area contributed by atoms with E-state index in [1.54, 1.807) is 18.2 Å². The Bertz CT molecular complexity index is 545. The quantitative estimate of drug-likeness (QED) is 0.840. The Kier molecular flexibility index (Phi) is 4.80. The summed E-state index contributed by atoms with van der Waals surface area (Å²) in [6, 6.07) is 4.86. The lowest BCUT2D eigenvalue weighted by Crippen LogP contribution is -2.34. The second-order valence-corrected chi connectivity index (χ2v) is 5.68. The zero-order valence-electron chi connectivity index (χ0n) is 9.86. The summed E-state index contributed by atoms with van der Waals surface area (Å²) in [4.78, 5) is 11.3. The van der Waals surface area contributed by atoms with E-state index in [0.29, 0.717) is 16.5 Å². The number of carbonyl (C=O) groups excluding carboxylic acids is 1. The van der Waals surface area contributed by atoms with Crippen LogP contribution in [0.2, 0.25) is 5.02 Å². The number of halogens is 1. The number of benzene rings is 1. The molecular weight excluding hydrogens is 280 g/mol. The molecule has 0 unspecified atom stereocenters. The third kappa shape index (κ3) is 4.80. The average molecular weight is 293 g/mol. The van der Waals surface area contributed by atoms with Crippen LogP contribution in [0.15, 0.2) is 18.2 Å². The van der Waals surface area contributed by atoms with Crippen molar-refractivity contribution < 1.29 is 17.9 Å². The first-order valence-electron chi connectivity index (χ1n) is 4.90. The summed E-state index contributed by atoms with van der Waals surface area (Å²) in [5.41, 5.74) is 0.508. The van der Waals surface area contributed by atoms with Crippen molar-refractivity contribution in [2.75, 3.05) is 25.2 Å². The second-order valence-electron chi connectivity index (χ2n) is 3.50. The van der Waals surface area contributed by atoms with E-state index in [0.717, 1.165) is 6.26 Å². The van der Waals surface area contributed by atoms with Crippen LogP contribution in [0.1, 0.15) is 0 Å². The van der Waals surface area contributed by atoms with Crippen LogP contribution in [0.3, 0.4) is 0 Å². The minimum absolute atomic E-state index is 0.205. The van der Waals surface area contributed by atoms with E-state index < -0.39 is 15.9 Å². The number of sulfonamides is 1. The lowest BCUT2D eigenvalue weighted by molar-refractivity contribution is -0.117. The molecule has 0 bridgehead atoms. The lowest BCUT2D eigenvalue weighted by atomic mass is 10.3. The van der Waals surface area contributed by atoms with Gasteiger partial charge >= 0.3 is 0 Å². The maximum atomic E-state index is 11.3. The fourth-order valence-corrected chi connectivity index (χ4v) is 1.89. The zero-order chi connectivity index (χ0) is 13.8. The van der Waals surface area contributed by atoms with Gasteiger partial charge in [0.25, 0.3) is 5.91 Å². The van der Waals surface area contributed by atoms with Gasteiger partial charge in [-0.1, -0.05) is 11.6 Å². The molecule has 8 heteroatoms. The van der Waals surface area contributed by atoms with Gasteiger partial charge in [-0.2, -0.15) is 0 Å². The molecule has 0 heterocycles. The van der Waals surface area contributed by atoms with Crippen molar-refractivity contribution in [2.24, 2.45) is 0 Å².